The second-order valence-corrected chi connectivity index (χ2v) is 6.47. The molecule has 4 nitrogen and oxygen atoms in total. The lowest BCUT2D eigenvalue weighted by Crippen LogP contribution is -2.35. The van der Waals surface area contributed by atoms with E-state index in [1.54, 1.807) is 4.68 Å². The molecule has 0 aliphatic heterocycles. The van der Waals surface area contributed by atoms with Crippen molar-refractivity contribution in [2.45, 2.75) is 32.9 Å². The largest absolute Gasteiger partial charge is 0.308 e. The third-order valence-electron chi connectivity index (χ3n) is 2.42. The predicted octanol–water partition coefficient (Wildman–Crippen LogP) is 2.76. The molecule has 0 bridgehead atoms. The van der Waals surface area contributed by atoms with Gasteiger partial charge in [0.05, 0.1) is 9.77 Å². The summed E-state index contributed by atoms with van der Waals surface area (Å²) in [6, 6.07) is 4.08. The minimum Gasteiger partial charge on any atom is -0.308 e. The summed E-state index contributed by atoms with van der Waals surface area (Å²) in [7, 11) is 0. The van der Waals surface area contributed by atoms with E-state index in [0.29, 0.717) is 0 Å². The van der Waals surface area contributed by atoms with Crippen LogP contribution in [-0.2, 0) is 6.54 Å². The average molecular weight is 356 g/mol. The summed E-state index contributed by atoms with van der Waals surface area (Å²) < 4.78 is 2.90. The number of pyridine rings is 1. The Hall–Kier alpha value is -0.950. The highest BCUT2D eigenvalue weighted by Crippen LogP contribution is 2.10. The molecule has 0 spiro atoms. The molecule has 2 aromatic rings. The Kier molecular flexibility index (Phi) is 4.01. The maximum absolute atomic E-state index is 4.34. The second-order valence-electron chi connectivity index (χ2n) is 5.23. The quantitative estimate of drug-likeness (QED) is 0.860. The smallest absolute Gasteiger partial charge is 0.153 e. The second kappa shape index (κ2) is 5.36. The van der Waals surface area contributed by atoms with Crippen molar-refractivity contribution in [3.05, 3.63) is 39.9 Å². The van der Waals surface area contributed by atoms with Gasteiger partial charge in [-0.1, -0.05) is 0 Å². The van der Waals surface area contributed by atoms with E-state index in [1.165, 1.54) is 5.56 Å². The maximum Gasteiger partial charge on any atom is 0.153 e. The van der Waals surface area contributed by atoms with Gasteiger partial charge in [0.2, 0.25) is 0 Å². The highest BCUT2D eigenvalue weighted by molar-refractivity contribution is 14.1. The van der Waals surface area contributed by atoms with Crippen molar-refractivity contribution >= 4 is 22.6 Å². The van der Waals surface area contributed by atoms with Crippen molar-refractivity contribution in [1.82, 2.24) is 20.1 Å². The van der Waals surface area contributed by atoms with Crippen molar-refractivity contribution in [2.75, 3.05) is 0 Å². The third-order valence-corrected chi connectivity index (χ3v) is 2.98. The van der Waals surface area contributed by atoms with Crippen molar-refractivity contribution in [3.63, 3.8) is 0 Å². The molecule has 18 heavy (non-hydrogen) atoms. The van der Waals surface area contributed by atoms with Crippen LogP contribution in [0.1, 0.15) is 26.3 Å². The Morgan fingerprint density at radius 1 is 1.39 bits per heavy atom. The monoisotopic (exact) mass is 356 g/mol. The van der Waals surface area contributed by atoms with E-state index in [0.717, 1.165) is 15.9 Å². The molecule has 1 N–H and O–H groups in total. The Labute approximate surface area is 121 Å². The molecule has 0 saturated carbocycles. The molecule has 0 aliphatic carbocycles. The number of nitrogens with one attached hydrogen (secondary N) is 1. The van der Waals surface area contributed by atoms with Crippen LogP contribution in [0.5, 0.6) is 0 Å². The average Bonchev–Trinajstić information content (AvgIpc) is 2.73. The van der Waals surface area contributed by atoms with Crippen LogP contribution < -0.4 is 5.32 Å². The van der Waals surface area contributed by atoms with Crippen LogP contribution in [0.2, 0.25) is 0 Å². The summed E-state index contributed by atoms with van der Waals surface area (Å²) >= 11 is 2.24. The van der Waals surface area contributed by atoms with E-state index in [4.69, 9.17) is 0 Å². The molecular weight excluding hydrogens is 339 g/mol. The van der Waals surface area contributed by atoms with Crippen molar-refractivity contribution in [2.24, 2.45) is 0 Å². The normalized spacial score (nSPS) is 11.8. The molecule has 0 radical (unpaired) electrons. The zero-order chi connectivity index (χ0) is 13.2. The number of halogens is 1. The van der Waals surface area contributed by atoms with Crippen molar-refractivity contribution in [1.29, 1.82) is 0 Å². The van der Waals surface area contributed by atoms with Crippen LogP contribution in [0, 0.1) is 3.57 Å². The fourth-order valence-corrected chi connectivity index (χ4v) is 1.88. The Balaban J connectivity index is 2.15. The van der Waals surface area contributed by atoms with Gasteiger partial charge < -0.3 is 5.32 Å². The minimum atomic E-state index is 0.116. The molecule has 5 heteroatoms. The molecule has 2 heterocycles. The predicted molar refractivity (Wildman–Crippen MR) is 80.7 cm³/mol. The summed E-state index contributed by atoms with van der Waals surface area (Å²) in [6.45, 7) is 7.30. The van der Waals surface area contributed by atoms with Gasteiger partial charge in [0, 0.05) is 24.5 Å². The zero-order valence-corrected chi connectivity index (χ0v) is 13.0. The number of hydrogen-bond donors (Lipinski definition) is 1. The summed E-state index contributed by atoms with van der Waals surface area (Å²) in [4.78, 5) is 4.34. The summed E-state index contributed by atoms with van der Waals surface area (Å²) in [5.41, 5.74) is 1.32. The minimum absolute atomic E-state index is 0.116. The molecule has 0 unspecified atom stereocenters. The molecule has 0 fully saturated rings. The van der Waals surface area contributed by atoms with Crippen LogP contribution >= 0.6 is 22.6 Å². The lowest BCUT2D eigenvalue weighted by atomic mass is 10.1. The highest BCUT2D eigenvalue weighted by atomic mass is 127. The SMILES string of the molecule is CC(C)(C)NCc1ccnc(-n2cc(I)cn2)c1. The Bertz CT molecular complexity index is 528. The number of nitrogens with zero attached hydrogens (tertiary/aromatic N) is 3. The molecule has 0 atom stereocenters. The Morgan fingerprint density at radius 2 is 2.17 bits per heavy atom. The first-order valence-electron chi connectivity index (χ1n) is 5.84. The number of aromatic nitrogens is 3. The van der Waals surface area contributed by atoms with Crippen LogP contribution in [0.25, 0.3) is 5.82 Å². The molecule has 0 aliphatic rings. The molecular formula is C13H17IN4. The summed E-state index contributed by atoms with van der Waals surface area (Å²) in [5, 5.41) is 7.73. The van der Waals surface area contributed by atoms with Crippen molar-refractivity contribution in [3.8, 4) is 5.82 Å². The van der Waals surface area contributed by atoms with Gasteiger partial charge >= 0.3 is 0 Å². The summed E-state index contributed by atoms with van der Waals surface area (Å²) in [6.07, 6.45) is 5.61. The van der Waals surface area contributed by atoms with E-state index in [2.05, 4.69) is 64.8 Å². The van der Waals surface area contributed by atoms with E-state index in [1.807, 2.05) is 24.7 Å². The van der Waals surface area contributed by atoms with E-state index in [-0.39, 0.29) is 5.54 Å². The van der Waals surface area contributed by atoms with Gasteiger partial charge in [0.1, 0.15) is 0 Å². The van der Waals surface area contributed by atoms with Gasteiger partial charge in [-0.2, -0.15) is 5.10 Å². The topological polar surface area (TPSA) is 42.7 Å². The lowest BCUT2D eigenvalue weighted by Gasteiger charge is -2.20. The van der Waals surface area contributed by atoms with Crippen LogP contribution in [0.3, 0.4) is 0 Å². The van der Waals surface area contributed by atoms with Crippen LogP contribution in [0.4, 0.5) is 0 Å². The van der Waals surface area contributed by atoms with Gasteiger partial charge in [0.15, 0.2) is 5.82 Å². The first-order chi connectivity index (χ1) is 8.44. The molecule has 96 valence electrons. The highest BCUT2D eigenvalue weighted by Gasteiger charge is 2.09. The first-order valence-corrected chi connectivity index (χ1v) is 6.92. The first kappa shape index (κ1) is 13.5. The third kappa shape index (κ3) is 3.78. The van der Waals surface area contributed by atoms with E-state index in [9.17, 15) is 0 Å². The van der Waals surface area contributed by atoms with E-state index >= 15 is 0 Å². The van der Waals surface area contributed by atoms with Crippen LogP contribution in [-0.4, -0.2) is 20.3 Å². The standard InChI is InChI=1S/C13H17IN4/c1-13(2,3)16-7-10-4-5-15-12(6-10)18-9-11(14)8-17-18/h4-6,8-9,16H,7H2,1-3H3. The molecule has 2 rings (SSSR count). The Morgan fingerprint density at radius 3 is 2.78 bits per heavy atom. The number of hydrogen-bond acceptors (Lipinski definition) is 3. The van der Waals surface area contributed by atoms with Gasteiger partial charge in [-0.05, 0) is 61.1 Å². The van der Waals surface area contributed by atoms with Gasteiger partial charge in [-0.15, -0.1) is 0 Å². The molecule has 0 aromatic carbocycles. The van der Waals surface area contributed by atoms with Crippen molar-refractivity contribution < 1.29 is 0 Å². The fraction of sp³-hybridized carbons (Fsp3) is 0.385. The fourth-order valence-electron chi connectivity index (χ4n) is 1.49. The van der Waals surface area contributed by atoms with Gasteiger partial charge in [-0.25, -0.2) is 9.67 Å². The summed E-state index contributed by atoms with van der Waals surface area (Å²) in [5.74, 6) is 0.853. The zero-order valence-electron chi connectivity index (χ0n) is 10.8. The number of rotatable bonds is 3. The molecule has 0 amide bonds. The van der Waals surface area contributed by atoms with Gasteiger partial charge in [0.25, 0.3) is 0 Å². The van der Waals surface area contributed by atoms with Crippen LogP contribution in [0.15, 0.2) is 30.7 Å². The molecule has 0 saturated heterocycles. The van der Waals surface area contributed by atoms with E-state index < -0.39 is 0 Å². The lowest BCUT2D eigenvalue weighted by molar-refractivity contribution is 0.424. The van der Waals surface area contributed by atoms with Gasteiger partial charge in [-0.3, -0.25) is 0 Å². The maximum atomic E-state index is 4.34. The molecule has 2 aromatic heterocycles.